The number of aliphatic hydroxyl groups is 1. The van der Waals surface area contributed by atoms with Gasteiger partial charge in [-0.25, -0.2) is 0 Å². The monoisotopic (exact) mass is 149 g/mol. The third-order valence-corrected chi connectivity index (χ3v) is 1.46. The molecular weight excluding hydrogens is 140 g/mol. The van der Waals surface area contributed by atoms with Gasteiger partial charge in [-0.05, 0) is 5.56 Å². The Labute approximate surface area is 64.9 Å². The predicted octanol–water partition coefficient (Wildman–Crippen LogP) is 1.53. The molecule has 11 heavy (non-hydrogen) atoms. The molecule has 3 nitrogen and oxygen atoms in total. The Bertz CT molecular complexity index is 260. The second-order valence-electron chi connectivity index (χ2n) is 2.27. The fourth-order valence-electron chi connectivity index (χ4n) is 0.832. The smallest absolute Gasteiger partial charge is 0.330 e. The molecule has 0 saturated carbocycles. The van der Waals surface area contributed by atoms with Gasteiger partial charge in [0.15, 0.2) is 0 Å². The lowest BCUT2D eigenvalue weighted by Crippen LogP contribution is -1.83. The standard InChI is InChI=1S/C8H9N2O/c9-10-5-7-1-3-8(6-11)4-2-7/h1-4,11H,5-6H2/q+1. The highest BCUT2D eigenvalue weighted by atomic mass is 16.3. The van der Waals surface area contributed by atoms with Crippen LogP contribution in [0.2, 0.25) is 0 Å². The maximum absolute atomic E-state index is 8.69. The highest BCUT2D eigenvalue weighted by Gasteiger charge is 1.98. The lowest BCUT2D eigenvalue weighted by atomic mass is 10.1. The predicted molar refractivity (Wildman–Crippen MR) is 41.2 cm³/mol. The van der Waals surface area contributed by atoms with Gasteiger partial charge >= 0.3 is 6.54 Å². The molecule has 56 valence electrons. The average molecular weight is 149 g/mol. The fraction of sp³-hybridized carbons (Fsp3) is 0.250. The van der Waals surface area contributed by atoms with Crippen molar-refractivity contribution in [2.24, 2.45) is 0 Å². The summed E-state index contributed by atoms with van der Waals surface area (Å²) < 4.78 is 0. The second-order valence-corrected chi connectivity index (χ2v) is 2.27. The van der Waals surface area contributed by atoms with Crippen molar-refractivity contribution >= 4 is 0 Å². The summed E-state index contributed by atoms with van der Waals surface area (Å²) in [4.78, 5) is 3.00. The van der Waals surface area contributed by atoms with E-state index >= 15 is 0 Å². The van der Waals surface area contributed by atoms with E-state index in [9.17, 15) is 0 Å². The van der Waals surface area contributed by atoms with E-state index in [1.54, 1.807) is 12.1 Å². The number of hydrogen-bond acceptors (Lipinski definition) is 2. The molecule has 1 aromatic carbocycles. The van der Waals surface area contributed by atoms with Crippen molar-refractivity contribution in [2.75, 3.05) is 0 Å². The Hall–Kier alpha value is -1.40. The van der Waals surface area contributed by atoms with Gasteiger partial charge in [0.2, 0.25) is 5.39 Å². The Morgan fingerprint density at radius 3 is 2.18 bits per heavy atom. The molecule has 0 saturated heterocycles. The van der Waals surface area contributed by atoms with Crippen LogP contribution in [0.3, 0.4) is 0 Å². The summed E-state index contributed by atoms with van der Waals surface area (Å²) in [5.41, 5.74) is 1.80. The first-order chi connectivity index (χ1) is 5.36. The van der Waals surface area contributed by atoms with Gasteiger partial charge in [0.25, 0.3) is 0 Å². The van der Waals surface area contributed by atoms with Crippen molar-refractivity contribution in [3.8, 4) is 0 Å². The first kappa shape index (κ1) is 7.70. The molecule has 0 aliphatic rings. The average Bonchev–Trinajstić information content (AvgIpc) is 2.07. The number of rotatable bonds is 2. The summed E-state index contributed by atoms with van der Waals surface area (Å²) in [7, 11) is 0. The molecule has 1 aromatic rings. The topological polar surface area (TPSA) is 48.4 Å². The van der Waals surface area contributed by atoms with Gasteiger partial charge in [0, 0.05) is 5.56 Å². The molecule has 0 aromatic heterocycles. The fourth-order valence-corrected chi connectivity index (χ4v) is 0.832. The molecule has 1 rings (SSSR count). The quantitative estimate of drug-likeness (QED) is 0.648. The molecule has 1 N–H and O–H groups in total. The van der Waals surface area contributed by atoms with Crippen LogP contribution >= 0.6 is 0 Å². The molecule has 0 aliphatic carbocycles. The molecule has 0 spiro atoms. The van der Waals surface area contributed by atoms with Crippen LogP contribution in [0.25, 0.3) is 4.98 Å². The third-order valence-electron chi connectivity index (χ3n) is 1.46. The van der Waals surface area contributed by atoms with Crippen LogP contribution in [0.15, 0.2) is 24.3 Å². The molecule has 0 radical (unpaired) electrons. The second kappa shape index (κ2) is 3.69. The lowest BCUT2D eigenvalue weighted by Gasteiger charge is -1.93. The van der Waals surface area contributed by atoms with Crippen LogP contribution in [0.5, 0.6) is 0 Å². The maximum atomic E-state index is 8.69. The minimum absolute atomic E-state index is 0.0521. The minimum atomic E-state index is 0.0521. The molecular formula is C8H9N2O+. The van der Waals surface area contributed by atoms with E-state index in [1.165, 1.54) is 0 Å². The Morgan fingerprint density at radius 1 is 1.18 bits per heavy atom. The summed E-state index contributed by atoms with van der Waals surface area (Å²) in [6.07, 6.45) is 0. The molecule has 0 bridgehead atoms. The Balaban J connectivity index is 2.76. The van der Waals surface area contributed by atoms with Crippen molar-refractivity contribution in [1.29, 1.82) is 5.39 Å². The molecule has 0 aliphatic heterocycles. The number of aliphatic hydroxyl groups excluding tert-OH is 1. The zero-order valence-electron chi connectivity index (χ0n) is 6.07. The van der Waals surface area contributed by atoms with Crippen LogP contribution in [0, 0.1) is 5.39 Å². The number of benzene rings is 1. The van der Waals surface area contributed by atoms with Crippen molar-refractivity contribution in [1.82, 2.24) is 0 Å². The first-order valence-electron chi connectivity index (χ1n) is 3.36. The molecule has 0 amide bonds. The number of nitrogens with zero attached hydrogens (tertiary/aromatic N) is 2. The van der Waals surface area contributed by atoms with E-state index in [4.69, 9.17) is 10.5 Å². The van der Waals surface area contributed by atoms with Crippen molar-refractivity contribution in [3.05, 3.63) is 40.4 Å². The number of diazo groups is 1. The Morgan fingerprint density at radius 2 is 1.73 bits per heavy atom. The Kier molecular flexibility index (Phi) is 2.59. The maximum Gasteiger partial charge on any atom is 0.330 e. The van der Waals surface area contributed by atoms with Crippen molar-refractivity contribution in [2.45, 2.75) is 13.2 Å². The normalized spacial score (nSPS) is 9.09. The summed E-state index contributed by atoms with van der Waals surface area (Å²) in [5.74, 6) is 0. The highest BCUT2D eigenvalue weighted by molar-refractivity contribution is 5.22. The minimum Gasteiger partial charge on any atom is -0.392 e. The van der Waals surface area contributed by atoms with Crippen LogP contribution < -0.4 is 0 Å². The van der Waals surface area contributed by atoms with Gasteiger partial charge in [0.05, 0.1) is 6.61 Å². The van der Waals surface area contributed by atoms with E-state index in [0.29, 0.717) is 6.54 Å². The van der Waals surface area contributed by atoms with Crippen LogP contribution in [-0.2, 0) is 13.2 Å². The van der Waals surface area contributed by atoms with Crippen LogP contribution in [-0.4, -0.2) is 5.11 Å². The summed E-state index contributed by atoms with van der Waals surface area (Å²) in [5, 5.41) is 16.9. The van der Waals surface area contributed by atoms with Crippen LogP contribution in [0.4, 0.5) is 0 Å². The SMILES string of the molecule is N#[N+]Cc1ccc(CO)cc1. The summed E-state index contributed by atoms with van der Waals surface area (Å²) in [6.45, 7) is 0.363. The van der Waals surface area contributed by atoms with Crippen LogP contribution in [0.1, 0.15) is 11.1 Å². The van der Waals surface area contributed by atoms with Crippen molar-refractivity contribution in [3.63, 3.8) is 0 Å². The van der Waals surface area contributed by atoms with Gasteiger partial charge in [-0.2, -0.15) is 0 Å². The zero-order valence-corrected chi connectivity index (χ0v) is 6.07. The van der Waals surface area contributed by atoms with Crippen molar-refractivity contribution < 1.29 is 5.11 Å². The molecule has 0 heterocycles. The van der Waals surface area contributed by atoms with Gasteiger partial charge in [-0.3, -0.25) is 0 Å². The van der Waals surface area contributed by atoms with Gasteiger partial charge in [-0.1, -0.05) is 24.3 Å². The van der Waals surface area contributed by atoms with E-state index < -0.39 is 0 Å². The first-order valence-corrected chi connectivity index (χ1v) is 3.36. The van der Waals surface area contributed by atoms with E-state index in [-0.39, 0.29) is 6.61 Å². The lowest BCUT2D eigenvalue weighted by molar-refractivity contribution is 0.282. The molecule has 3 heteroatoms. The van der Waals surface area contributed by atoms with E-state index in [1.807, 2.05) is 12.1 Å². The molecule has 0 unspecified atom stereocenters. The summed E-state index contributed by atoms with van der Waals surface area (Å²) >= 11 is 0. The van der Waals surface area contributed by atoms with Gasteiger partial charge < -0.3 is 5.11 Å². The van der Waals surface area contributed by atoms with Gasteiger partial charge in [0.1, 0.15) is 4.98 Å². The number of hydrogen-bond donors (Lipinski definition) is 1. The highest BCUT2D eigenvalue weighted by Crippen LogP contribution is 2.04. The summed E-state index contributed by atoms with van der Waals surface area (Å²) in [6, 6.07) is 7.26. The molecule has 0 fully saturated rings. The zero-order chi connectivity index (χ0) is 8.10. The van der Waals surface area contributed by atoms with E-state index in [0.717, 1.165) is 11.1 Å². The largest absolute Gasteiger partial charge is 0.392 e. The van der Waals surface area contributed by atoms with E-state index in [2.05, 4.69) is 4.98 Å². The third kappa shape index (κ3) is 2.03. The molecule has 0 atom stereocenters. The van der Waals surface area contributed by atoms with Gasteiger partial charge in [-0.15, -0.1) is 0 Å².